The quantitative estimate of drug-likeness (QED) is 0.679. The fourth-order valence-electron chi connectivity index (χ4n) is 3.92. The van der Waals surface area contributed by atoms with Gasteiger partial charge in [0.05, 0.1) is 11.9 Å². The molecule has 0 radical (unpaired) electrons. The maximum Gasteiger partial charge on any atom is 0.137 e. The van der Waals surface area contributed by atoms with Crippen LogP contribution in [0.15, 0.2) is 60.5 Å². The molecule has 150 valence electrons. The maximum atomic E-state index is 4.48. The summed E-state index contributed by atoms with van der Waals surface area (Å²) in [6, 6.07) is 10.6. The lowest BCUT2D eigenvalue weighted by Crippen LogP contribution is -2.23. The van der Waals surface area contributed by atoms with Gasteiger partial charge in [-0.1, -0.05) is 24.8 Å². The summed E-state index contributed by atoms with van der Waals surface area (Å²) in [4.78, 5) is 11.0. The molecule has 1 N–H and O–H groups in total. The van der Waals surface area contributed by atoms with Gasteiger partial charge in [-0.3, -0.25) is 9.39 Å². The molecule has 4 heterocycles. The van der Waals surface area contributed by atoms with Gasteiger partial charge in [0, 0.05) is 44.0 Å². The van der Waals surface area contributed by atoms with Gasteiger partial charge in [0.15, 0.2) is 0 Å². The van der Waals surface area contributed by atoms with E-state index in [0.29, 0.717) is 0 Å². The van der Waals surface area contributed by atoms with E-state index in [9.17, 15) is 0 Å². The molecule has 1 fully saturated rings. The van der Waals surface area contributed by atoms with E-state index >= 15 is 0 Å². The van der Waals surface area contributed by atoms with Crippen LogP contribution in [0.1, 0.15) is 30.4 Å². The van der Waals surface area contributed by atoms with Gasteiger partial charge in [0.2, 0.25) is 0 Å². The Morgan fingerprint density at radius 2 is 1.97 bits per heavy atom. The van der Waals surface area contributed by atoms with Crippen molar-refractivity contribution in [1.29, 1.82) is 0 Å². The third kappa shape index (κ3) is 4.19. The fourth-order valence-corrected chi connectivity index (χ4v) is 3.92. The number of piperidine rings is 1. The van der Waals surface area contributed by atoms with Crippen LogP contribution in [0.2, 0.25) is 0 Å². The first-order valence-electron chi connectivity index (χ1n) is 10.3. The number of aliphatic imine (C=N–C) groups is 1. The monoisotopic (exact) mass is 387 g/mol. The number of hydrogen-bond donors (Lipinski definition) is 1. The summed E-state index contributed by atoms with van der Waals surface area (Å²) in [5.74, 6) is 1.02. The minimum atomic E-state index is 0.887. The van der Waals surface area contributed by atoms with Crippen molar-refractivity contribution in [2.45, 2.75) is 32.6 Å². The second-order valence-electron chi connectivity index (χ2n) is 7.70. The van der Waals surface area contributed by atoms with Crippen LogP contribution >= 0.6 is 0 Å². The minimum Gasteiger partial charge on any atom is -0.378 e. The molecule has 1 saturated heterocycles. The summed E-state index contributed by atoms with van der Waals surface area (Å²) in [5, 5.41) is 3.37. The number of rotatable bonds is 2. The number of imidazole rings is 1. The van der Waals surface area contributed by atoms with Crippen LogP contribution in [0.3, 0.4) is 0 Å². The Kier molecular flexibility index (Phi) is 5.65. The molecule has 5 nitrogen and oxygen atoms in total. The van der Waals surface area contributed by atoms with Gasteiger partial charge in [-0.15, -0.1) is 0 Å². The molecule has 5 heteroatoms. The highest BCUT2D eigenvalue weighted by Gasteiger charge is 2.17. The summed E-state index contributed by atoms with van der Waals surface area (Å²) in [7, 11) is 1.82. The zero-order valence-electron chi connectivity index (χ0n) is 17.4. The van der Waals surface area contributed by atoms with E-state index in [2.05, 4.69) is 68.6 Å². The minimum absolute atomic E-state index is 0.887. The molecular weight excluding hydrogens is 358 g/mol. The number of aromatic nitrogens is 2. The van der Waals surface area contributed by atoms with E-state index in [1.165, 1.54) is 43.5 Å². The maximum absolute atomic E-state index is 4.48. The Bertz CT molecular complexity index is 1040. The van der Waals surface area contributed by atoms with Gasteiger partial charge in [0.1, 0.15) is 11.5 Å². The van der Waals surface area contributed by atoms with E-state index in [0.717, 1.165) is 34.8 Å². The molecule has 0 unspecified atom stereocenters. The summed E-state index contributed by atoms with van der Waals surface area (Å²) in [6.45, 7) is 8.26. The molecule has 2 aliphatic heterocycles. The number of pyridine rings is 1. The predicted molar refractivity (Wildman–Crippen MR) is 122 cm³/mol. The standard InChI is InChI=1S/C17H16N4.C7H13N/c1-11-3-6-17-19-9-15(21(17)10-11)13-5-4-12-8-16(18-2)20-14(12)7-13;1-2-8-6-4-3-5-7-8/h3-7,9-10H,8H2,1-2H3,(H,18,20);2H,1,3-7H2. The lowest BCUT2D eigenvalue weighted by molar-refractivity contribution is 0.310. The summed E-state index contributed by atoms with van der Waals surface area (Å²) in [6.07, 6.45) is 11.0. The van der Waals surface area contributed by atoms with Crippen LogP contribution in [-0.4, -0.2) is 40.3 Å². The summed E-state index contributed by atoms with van der Waals surface area (Å²) in [5.41, 5.74) is 6.92. The lowest BCUT2D eigenvalue weighted by Gasteiger charge is -2.23. The van der Waals surface area contributed by atoms with Gasteiger partial charge in [-0.2, -0.15) is 0 Å². The van der Waals surface area contributed by atoms with Gasteiger partial charge in [0.25, 0.3) is 0 Å². The Hall–Kier alpha value is -3.08. The summed E-state index contributed by atoms with van der Waals surface area (Å²) >= 11 is 0. The molecule has 0 spiro atoms. The predicted octanol–water partition coefficient (Wildman–Crippen LogP) is 4.92. The van der Waals surface area contributed by atoms with Crippen molar-refractivity contribution in [3.63, 3.8) is 0 Å². The number of nitrogens with zero attached hydrogens (tertiary/aromatic N) is 4. The smallest absolute Gasteiger partial charge is 0.137 e. The van der Waals surface area contributed by atoms with Gasteiger partial charge >= 0.3 is 0 Å². The van der Waals surface area contributed by atoms with Gasteiger partial charge < -0.3 is 10.2 Å². The largest absolute Gasteiger partial charge is 0.378 e. The Morgan fingerprint density at radius 1 is 1.14 bits per heavy atom. The number of amidine groups is 1. The van der Waals surface area contributed by atoms with Crippen LogP contribution in [0.5, 0.6) is 0 Å². The average Bonchev–Trinajstić information content (AvgIpc) is 3.37. The highest BCUT2D eigenvalue weighted by atomic mass is 15.1. The molecule has 1 aromatic carbocycles. The van der Waals surface area contributed by atoms with E-state index < -0.39 is 0 Å². The van der Waals surface area contributed by atoms with Crippen molar-refractivity contribution in [2.24, 2.45) is 4.99 Å². The normalized spacial score (nSPS) is 16.9. The van der Waals surface area contributed by atoms with Crippen LogP contribution < -0.4 is 5.32 Å². The SMILES string of the molecule is C=CN1CCCCC1.CN=C1Cc2ccc(-c3cnc4ccc(C)cn34)cc2N1. The second-order valence-corrected chi connectivity index (χ2v) is 7.70. The average molecular weight is 388 g/mol. The molecule has 0 amide bonds. The topological polar surface area (TPSA) is 44.9 Å². The third-order valence-electron chi connectivity index (χ3n) is 5.61. The molecule has 3 aromatic rings. The molecule has 0 atom stereocenters. The molecule has 2 aliphatic rings. The van der Waals surface area contributed by atoms with Crippen LogP contribution in [0.4, 0.5) is 5.69 Å². The Morgan fingerprint density at radius 3 is 2.69 bits per heavy atom. The number of nitrogens with one attached hydrogen (secondary N) is 1. The number of anilines is 1. The van der Waals surface area contributed by atoms with Crippen molar-refractivity contribution in [3.05, 3.63) is 66.6 Å². The Labute approximate surface area is 172 Å². The third-order valence-corrected chi connectivity index (χ3v) is 5.61. The molecule has 0 bridgehead atoms. The van der Waals surface area contributed by atoms with Gasteiger partial charge in [-0.05, 0) is 55.6 Å². The van der Waals surface area contributed by atoms with E-state index in [1.807, 2.05) is 25.5 Å². The van der Waals surface area contributed by atoms with E-state index in [4.69, 9.17) is 0 Å². The molecule has 2 aromatic heterocycles. The number of aryl methyl sites for hydroxylation is 1. The van der Waals surface area contributed by atoms with E-state index in [1.54, 1.807) is 0 Å². The first-order chi connectivity index (χ1) is 14.2. The second kappa shape index (κ2) is 8.52. The van der Waals surface area contributed by atoms with Crippen molar-refractivity contribution in [1.82, 2.24) is 14.3 Å². The highest BCUT2D eigenvalue weighted by Crippen LogP contribution is 2.30. The number of fused-ring (bicyclic) bond motifs is 2. The Balaban J connectivity index is 0.000000216. The van der Waals surface area contributed by atoms with E-state index in [-0.39, 0.29) is 0 Å². The van der Waals surface area contributed by atoms with Crippen LogP contribution in [-0.2, 0) is 6.42 Å². The fraction of sp³-hybridized carbons (Fsp3) is 0.333. The van der Waals surface area contributed by atoms with Gasteiger partial charge in [-0.25, -0.2) is 4.98 Å². The van der Waals surface area contributed by atoms with Crippen molar-refractivity contribution in [2.75, 3.05) is 25.5 Å². The van der Waals surface area contributed by atoms with Crippen molar-refractivity contribution < 1.29 is 0 Å². The molecule has 0 aliphatic carbocycles. The first-order valence-corrected chi connectivity index (χ1v) is 10.3. The highest BCUT2D eigenvalue weighted by molar-refractivity contribution is 6.03. The molecule has 0 saturated carbocycles. The zero-order chi connectivity index (χ0) is 20.2. The van der Waals surface area contributed by atoms with Crippen LogP contribution in [0, 0.1) is 6.92 Å². The number of benzene rings is 1. The van der Waals surface area contributed by atoms with Crippen molar-refractivity contribution in [3.8, 4) is 11.3 Å². The zero-order valence-corrected chi connectivity index (χ0v) is 17.4. The number of likely N-dealkylation sites (tertiary alicyclic amines) is 1. The molecule has 5 rings (SSSR count). The van der Waals surface area contributed by atoms with Crippen molar-refractivity contribution >= 4 is 17.2 Å². The first kappa shape index (κ1) is 19.2. The number of hydrogen-bond acceptors (Lipinski definition) is 3. The molecule has 29 heavy (non-hydrogen) atoms. The lowest BCUT2D eigenvalue weighted by atomic mass is 10.1. The summed E-state index contributed by atoms with van der Waals surface area (Å²) < 4.78 is 2.14. The molecular formula is C24H29N5. The van der Waals surface area contributed by atoms with Crippen LogP contribution in [0.25, 0.3) is 16.9 Å².